The van der Waals surface area contributed by atoms with E-state index in [9.17, 15) is 14.0 Å². The van der Waals surface area contributed by atoms with Gasteiger partial charge in [-0.1, -0.05) is 36.4 Å². The molecular weight excluding hydrogens is 343 g/mol. The first-order valence-electron chi connectivity index (χ1n) is 8.88. The molecule has 0 radical (unpaired) electrons. The van der Waals surface area contributed by atoms with Gasteiger partial charge in [0.15, 0.2) is 0 Å². The summed E-state index contributed by atoms with van der Waals surface area (Å²) in [5.41, 5.74) is 2.04. The molecule has 0 aliphatic carbocycles. The zero-order valence-corrected chi connectivity index (χ0v) is 14.9. The van der Waals surface area contributed by atoms with E-state index in [-0.39, 0.29) is 24.1 Å². The van der Waals surface area contributed by atoms with Crippen molar-refractivity contribution in [2.45, 2.75) is 13.3 Å². The standard InChI is InChI=1S/C22H19FN2O2/c1-14-11-17(23)9-10-19(14)24-22(27)16-12-21(26)25(13-16)20-8-4-6-15-5-2-3-7-18(15)20/h2-11,16H,12-13H2,1H3,(H,24,27). The summed E-state index contributed by atoms with van der Waals surface area (Å²) in [6.45, 7) is 2.07. The van der Waals surface area contributed by atoms with Crippen LogP contribution in [0.2, 0.25) is 0 Å². The molecule has 1 aliphatic rings. The zero-order valence-electron chi connectivity index (χ0n) is 14.9. The molecule has 1 saturated heterocycles. The Morgan fingerprint density at radius 3 is 2.70 bits per heavy atom. The van der Waals surface area contributed by atoms with Crippen molar-refractivity contribution in [1.82, 2.24) is 0 Å². The second-order valence-corrected chi connectivity index (χ2v) is 6.85. The number of benzene rings is 3. The lowest BCUT2D eigenvalue weighted by molar-refractivity contribution is -0.122. The van der Waals surface area contributed by atoms with E-state index in [1.165, 1.54) is 12.1 Å². The number of carbonyl (C=O) groups is 2. The van der Waals surface area contributed by atoms with Gasteiger partial charge in [0.2, 0.25) is 11.8 Å². The summed E-state index contributed by atoms with van der Waals surface area (Å²) in [5, 5.41) is 4.87. The van der Waals surface area contributed by atoms with E-state index < -0.39 is 5.92 Å². The van der Waals surface area contributed by atoms with E-state index in [1.54, 1.807) is 17.9 Å². The van der Waals surface area contributed by atoms with Crippen LogP contribution in [0.25, 0.3) is 10.8 Å². The monoisotopic (exact) mass is 362 g/mol. The average molecular weight is 362 g/mol. The molecule has 0 bridgehead atoms. The van der Waals surface area contributed by atoms with Crippen LogP contribution in [0.4, 0.5) is 15.8 Å². The van der Waals surface area contributed by atoms with Crippen LogP contribution in [-0.2, 0) is 9.59 Å². The number of fused-ring (bicyclic) bond motifs is 1. The van der Waals surface area contributed by atoms with Crippen LogP contribution >= 0.6 is 0 Å². The fraction of sp³-hybridized carbons (Fsp3) is 0.182. The molecule has 4 nitrogen and oxygen atoms in total. The number of amides is 2. The zero-order chi connectivity index (χ0) is 19.0. The third kappa shape index (κ3) is 3.28. The summed E-state index contributed by atoms with van der Waals surface area (Å²) < 4.78 is 13.2. The van der Waals surface area contributed by atoms with Gasteiger partial charge in [0.05, 0.1) is 11.6 Å². The molecule has 3 aromatic carbocycles. The van der Waals surface area contributed by atoms with E-state index >= 15 is 0 Å². The van der Waals surface area contributed by atoms with E-state index in [0.29, 0.717) is 17.8 Å². The van der Waals surface area contributed by atoms with Gasteiger partial charge in [0.1, 0.15) is 5.82 Å². The van der Waals surface area contributed by atoms with Crippen molar-refractivity contribution < 1.29 is 14.0 Å². The number of carbonyl (C=O) groups excluding carboxylic acids is 2. The predicted molar refractivity (Wildman–Crippen MR) is 104 cm³/mol. The van der Waals surface area contributed by atoms with Crippen molar-refractivity contribution in [2.75, 3.05) is 16.8 Å². The third-order valence-electron chi connectivity index (χ3n) is 5.00. The van der Waals surface area contributed by atoms with Gasteiger partial charge < -0.3 is 10.2 Å². The highest BCUT2D eigenvalue weighted by Gasteiger charge is 2.35. The SMILES string of the molecule is Cc1cc(F)ccc1NC(=O)C1CC(=O)N(c2cccc3ccccc23)C1. The highest BCUT2D eigenvalue weighted by Crippen LogP contribution is 2.32. The van der Waals surface area contributed by atoms with Crippen LogP contribution in [0, 0.1) is 18.7 Å². The minimum atomic E-state index is -0.444. The Labute approximate surface area is 156 Å². The number of aryl methyl sites for hydroxylation is 1. The van der Waals surface area contributed by atoms with Crippen molar-refractivity contribution in [2.24, 2.45) is 5.92 Å². The molecule has 1 unspecified atom stereocenters. The largest absolute Gasteiger partial charge is 0.326 e. The molecule has 1 fully saturated rings. The molecule has 2 amide bonds. The molecular formula is C22H19FN2O2. The minimum absolute atomic E-state index is 0.0673. The van der Waals surface area contributed by atoms with Gasteiger partial charge in [-0.05, 0) is 42.1 Å². The van der Waals surface area contributed by atoms with Gasteiger partial charge in [-0.15, -0.1) is 0 Å². The summed E-state index contributed by atoms with van der Waals surface area (Å²) in [4.78, 5) is 26.9. The Morgan fingerprint density at radius 1 is 1.11 bits per heavy atom. The molecule has 4 rings (SSSR count). The molecule has 1 heterocycles. The fourth-order valence-corrected chi connectivity index (χ4v) is 3.56. The first-order valence-corrected chi connectivity index (χ1v) is 8.88. The maximum atomic E-state index is 13.2. The Bertz CT molecular complexity index is 1040. The Morgan fingerprint density at radius 2 is 1.89 bits per heavy atom. The topological polar surface area (TPSA) is 49.4 Å². The van der Waals surface area contributed by atoms with E-state index in [1.807, 2.05) is 42.5 Å². The number of nitrogens with one attached hydrogen (secondary N) is 1. The van der Waals surface area contributed by atoms with Crippen molar-refractivity contribution in [3.8, 4) is 0 Å². The van der Waals surface area contributed by atoms with Gasteiger partial charge in [0, 0.05) is 24.0 Å². The van der Waals surface area contributed by atoms with Crippen molar-refractivity contribution >= 4 is 34.0 Å². The molecule has 1 aliphatic heterocycles. The summed E-state index contributed by atoms with van der Waals surface area (Å²) in [6, 6.07) is 17.9. The van der Waals surface area contributed by atoms with Crippen LogP contribution in [0.5, 0.6) is 0 Å². The average Bonchev–Trinajstić information content (AvgIpc) is 3.05. The summed E-state index contributed by atoms with van der Waals surface area (Å²) >= 11 is 0. The van der Waals surface area contributed by atoms with Gasteiger partial charge in [-0.25, -0.2) is 4.39 Å². The van der Waals surface area contributed by atoms with Gasteiger partial charge in [-0.2, -0.15) is 0 Å². The number of anilines is 2. The van der Waals surface area contributed by atoms with Crippen molar-refractivity contribution in [1.29, 1.82) is 0 Å². The molecule has 1 N–H and O–H groups in total. The first kappa shape index (κ1) is 17.2. The number of halogens is 1. The molecule has 3 aromatic rings. The Balaban J connectivity index is 1.56. The van der Waals surface area contributed by atoms with Gasteiger partial charge >= 0.3 is 0 Å². The maximum absolute atomic E-state index is 13.2. The summed E-state index contributed by atoms with van der Waals surface area (Å²) in [5.74, 6) is -1.08. The van der Waals surface area contributed by atoms with E-state index in [4.69, 9.17) is 0 Å². The van der Waals surface area contributed by atoms with Crippen LogP contribution in [0.1, 0.15) is 12.0 Å². The Kier molecular flexibility index (Phi) is 4.36. The van der Waals surface area contributed by atoms with E-state index in [0.717, 1.165) is 16.5 Å². The van der Waals surface area contributed by atoms with Crippen LogP contribution in [-0.4, -0.2) is 18.4 Å². The third-order valence-corrected chi connectivity index (χ3v) is 5.00. The highest BCUT2D eigenvalue weighted by atomic mass is 19.1. The fourth-order valence-electron chi connectivity index (χ4n) is 3.56. The van der Waals surface area contributed by atoms with Crippen molar-refractivity contribution in [3.63, 3.8) is 0 Å². The van der Waals surface area contributed by atoms with Crippen LogP contribution in [0.3, 0.4) is 0 Å². The minimum Gasteiger partial charge on any atom is -0.326 e. The summed E-state index contributed by atoms with van der Waals surface area (Å²) in [6.07, 6.45) is 0.162. The lowest BCUT2D eigenvalue weighted by Crippen LogP contribution is -2.28. The number of nitrogens with zero attached hydrogens (tertiary/aromatic N) is 1. The first-order chi connectivity index (χ1) is 13.0. The molecule has 1 atom stereocenters. The molecule has 0 aromatic heterocycles. The lowest BCUT2D eigenvalue weighted by atomic mass is 10.1. The molecule has 0 spiro atoms. The number of hydrogen-bond donors (Lipinski definition) is 1. The number of rotatable bonds is 3. The van der Waals surface area contributed by atoms with E-state index in [2.05, 4.69) is 5.32 Å². The predicted octanol–water partition coefficient (Wildman–Crippen LogP) is 4.28. The lowest BCUT2D eigenvalue weighted by Gasteiger charge is -2.19. The maximum Gasteiger partial charge on any atom is 0.229 e. The second-order valence-electron chi connectivity index (χ2n) is 6.85. The van der Waals surface area contributed by atoms with Crippen molar-refractivity contribution in [3.05, 3.63) is 72.0 Å². The highest BCUT2D eigenvalue weighted by molar-refractivity contribution is 6.08. The molecule has 5 heteroatoms. The molecule has 0 saturated carbocycles. The Hall–Kier alpha value is -3.21. The van der Waals surface area contributed by atoms with Crippen LogP contribution < -0.4 is 10.2 Å². The smallest absolute Gasteiger partial charge is 0.229 e. The van der Waals surface area contributed by atoms with Crippen LogP contribution in [0.15, 0.2) is 60.7 Å². The normalized spacial score (nSPS) is 16.7. The van der Waals surface area contributed by atoms with Gasteiger partial charge in [0.25, 0.3) is 0 Å². The molecule has 136 valence electrons. The summed E-state index contributed by atoms with van der Waals surface area (Å²) in [7, 11) is 0. The quantitative estimate of drug-likeness (QED) is 0.756. The van der Waals surface area contributed by atoms with Gasteiger partial charge in [-0.3, -0.25) is 9.59 Å². The second kappa shape index (κ2) is 6.83. The number of hydrogen-bond acceptors (Lipinski definition) is 2. The molecule has 27 heavy (non-hydrogen) atoms.